The van der Waals surface area contributed by atoms with Crippen LogP contribution in [-0.2, 0) is 30.2 Å². The van der Waals surface area contributed by atoms with Crippen molar-refractivity contribution in [1.82, 2.24) is 24.6 Å². The zero-order valence-corrected chi connectivity index (χ0v) is 19.1. The fourth-order valence-electron chi connectivity index (χ4n) is 5.18. The molecule has 2 aromatic heterocycles. The summed E-state index contributed by atoms with van der Waals surface area (Å²) >= 11 is 0. The van der Waals surface area contributed by atoms with Crippen molar-refractivity contribution in [2.24, 2.45) is 11.8 Å². The number of carbonyl (C=O) groups excluding carboxylic acids is 1. The molecule has 1 fully saturated rings. The molecule has 1 amide bonds. The number of piperidine rings is 1. The van der Waals surface area contributed by atoms with Crippen LogP contribution >= 0.6 is 0 Å². The van der Waals surface area contributed by atoms with Gasteiger partial charge in [-0.25, -0.2) is 0 Å². The largest absolute Gasteiger partial charge is 0.451 e. The van der Waals surface area contributed by atoms with Gasteiger partial charge in [0.15, 0.2) is 5.82 Å². The highest BCUT2D eigenvalue weighted by Gasteiger charge is 2.42. The highest BCUT2D eigenvalue weighted by molar-refractivity contribution is 5.93. The first-order chi connectivity index (χ1) is 16.9. The van der Waals surface area contributed by atoms with E-state index in [1.54, 1.807) is 36.1 Å². The Morgan fingerprint density at radius 1 is 1.00 bits per heavy atom. The summed E-state index contributed by atoms with van der Waals surface area (Å²) in [6.07, 6.45) is -8.07. The quantitative estimate of drug-likeness (QED) is 0.478. The lowest BCUT2D eigenvalue weighted by Gasteiger charge is -2.41. The van der Waals surface area contributed by atoms with Gasteiger partial charge in [0.05, 0.1) is 23.3 Å². The number of fused-ring (bicyclic) bond motifs is 2. The van der Waals surface area contributed by atoms with E-state index < -0.39 is 29.7 Å². The molecule has 4 heterocycles. The van der Waals surface area contributed by atoms with Crippen molar-refractivity contribution in [2.75, 3.05) is 24.5 Å². The molecule has 0 N–H and O–H groups in total. The average molecular weight is 512 g/mol. The number of nitrogens with zero attached hydrogens (tertiary/aromatic N) is 6. The van der Waals surface area contributed by atoms with E-state index in [9.17, 15) is 31.1 Å². The number of para-hydroxylation sites is 1. The summed E-state index contributed by atoms with van der Waals surface area (Å²) in [5, 5.41) is 7.23. The van der Waals surface area contributed by atoms with Crippen molar-refractivity contribution in [2.45, 2.75) is 38.8 Å². The number of hydrogen-bond acceptors (Lipinski definition) is 5. The molecule has 2 unspecified atom stereocenters. The van der Waals surface area contributed by atoms with Crippen molar-refractivity contribution in [3.05, 3.63) is 47.7 Å². The normalized spacial score (nSPS) is 21.1. The summed E-state index contributed by atoms with van der Waals surface area (Å²) in [6.45, 7) is 2.15. The van der Waals surface area contributed by atoms with Crippen LogP contribution in [0.25, 0.3) is 10.9 Å². The molecule has 13 heteroatoms. The highest BCUT2D eigenvalue weighted by Crippen LogP contribution is 2.42. The van der Waals surface area contributed by atoms with Crippen LogP contribution < -0.4 is 4.90 Å². The van der Waals surface area contributed by atoms with E-state index in [2.05, 4.69) is 15.2 Å². The highest BCUT2D eigenvalue weighted by atomic mass is 19.4. The van der Waals surface area contributed by atoms with Crippen LogP contribution in [-0.4, -0.2) is 50.2 Å². The molecule has 0 spiro atoms. The Bertz CT molecular complexity index is 1300. The van der Waals surface area contributed by atoms with Gasteiger partial charge >= 0.3 is 12.4 Å². The lowest BCUT2D eigenvalue weighted by atomic mass is 9.85. The van der Waals surface area contributed by atoms with E-state index in [1.807, 2.05) is 0 Å². The molecule has 2 aliphatic rings. The summed E-state index contributed by atoms with van der Waals surface area (Å²) in [7, 11) is 0. The topological polar surface area (TPSA) is 67.2 Å². The Morgan fingerprint density at radius 3 is 2.44 bits per heavy atom. The van der Waals surface area contributed by atoms with E-state index >= 15 is 0 Å². The number of benzene rings is 1. The minimum absolute atomic E-state index is 0.0524. The number of aromatic nitrogens is 4. The van der Waals surface area contributed by atoms with Crippen LogP contribution in [0.4, 0.5) is 32.0 Å². The maximum absolute atomic E-state index is 13.9. The first-order valence-electron chi connectivity index (χ1n) is 11.4. The van der Waals surface area contributed by atoms with Gasteiger partial charge < -0.3 is 14.4 Å². The molecular weight excluding hydrogens is 490 g/mol. The zero-order chi connectivity index (χ0) is 25.8. The second kappa shape index (κ2) is 8.63. The summed E-state index contributed by atoms with van der Waals surface area (Å²) in [5.74, 6) is -2.02. The zero-order valence-electron chi connectivity index (χ0n) is 19.1. The van der Waals surface area contributed by atoms with Gasteiger partial charge in [-0.05, 0) is 18.4 Å². The van der Waals surface area contributed by atoms with Gasteiger partial charge in [-0.1, -0.05) is 25.1 Å². The smallest absolute Gasteiger partial charge is 0.370 e. The number of anilines is 1. The molecule has 7 nitrogen and oxygen atoms in total. The maximum Gasteiger partial charge on any atom is 0.451 e. The Morgan fingerprint density at radius 2 is 1.75 bits per heavy atom. The Labute approximate surface area is 201 Å². The molecule has 36 heavy (non-hydrogen) atoms. The van der Waals surface area contributed by atoms with Crippen LogP contribution in [0, 0.1) is 11.8 Å². The van der Waals surface area contributed by atoms with Crippen LogP contribution in [0.1, 0.15) is 30.6 Å². The van der Waals surface area contributed by atoms with Crippen LogP contribution in [0.5, 0.6) is 0 Å². The molecule has 0 aliphatic carbocycles. The first kappa shape index (κ1) is 24.3. The van der Waals surface area contributed by atoms with Crippen molar-refractivity contribution in [3.8, 4) is 0 Å². The van der Waals surface area contributed by atoms with E-state index in [1.165, 1.54) is 4.90 Å². The van der Waals surface area contributed by atoms with Gasteiger partial charge in [-0.3, -0.25) is 9.78 Å². The number of carbonyl (C=O) groups is 1. The number of alkyl halides is 6. The van der Waals surface area contributed by atoms with Crippen molar-refractivity contribution >= 4 is 22.5 Å². The molecule has 0 radical (unpaired) electrons. The fraction of sp³-hybridized carbons (Fsp3) is 0.478. The average Bonchev–Trinajstić information content (AvgIpc) is 3.26. The molecule has 5 rings (SSSR count). The van der Waals surface area contributed by atoms with E-state index in [-0.39, 0.29) is 56.1 Å². The summed E-state index contributed by atoms with van der Waals surface area (Å²) in [6, 6.07) is 6.62. The summed E-state index contributed by atoms with van der Waals surface area (Å²) < 4.78 is 81.9. The molecular formula is C23H22F6N6O. The molecule has 0 bridgehead atoms. The van der Waals surface area contributed by atoms with Crippen LogP contribution in [0.2, 0.25) is 0 Å². The SMILES string of the molecule is CC1CN(c2c(C(F)(F)F)cnc3ccccc23)CCC1C(=O)N1CCn2c(nnc2C(F)(F)F)C1. The van der Waals surface area contributed by atoms with Crippen LogP contribution in [0.3, 0.4) is 0 Å². The first-order valence-corrected chi connectivity index (χ1v) is 11.4. The number of rotatable bonds is 2. The second-order valence-electron chi connectivity index (χ2n) is 9.20. The monoisotopic (exact) mass is 512 g/mol. The predicted octanol–water partition coefficient (Wildman–Crippen LogP) is 4.37. The Kier molecular flexibility index (Phi) is 5.83. The summed E-state index contributed by atoms with van der Waals surface area (Å²) in [4.78, 5) is 20.4. The number of halogens is 6. The standard InChI is InChI=1S/C23H22F6N6O/c1-13-11-33(19-15-4-2-3-5-17(15)30-10-16(19)22(24,25)26)7-6-14(13)20(36)34-8-9-35-18(12-34)31-32-21(35)23(27,28)29/h2-5,10,13-14H,6-9,11-12H2,1H3. The maximum atomic E-state index is 13.9. The van der Waals surface area contributed by atoms with Crippen molar-refractivity contribution < 1.29 is 31.1 Å². The van der Waals surface area contributed by atoms with Crippen molar-refractivity contribution in [1.29, 1.82) is 0 Å². The summed E-state index contributed by atoms with van der Waals surface area (Å²) in [5.41, 5.74) is -0.326. The lowest BCUT2D eigenvalue weighted by molar-refractivity contribution is -0.148. The van der Waals surface area contributed by atoms with E-state index in [0.717, 1.165) is 10.8 Å². The second-order valence-corrected chi connectivity index (χ2v) is 9.20. The van der Waals surface area contributed by atoms with Gasteiger partial charge in [0.2, 0.25) is 11.7 Å². The third-order valence-electron chi connectivity index (χ3n) is 6.91. The lowest BCUT2D eigenvalue weighted by Crippen LogP contribution is -2.49. The number of pyridine rings is 1. The molecule has 2 aliphatic heterocycles. The molecule has 0 saturated carbocycles. The third kappa shape index (κ3) is 4.24. The minimum Gasteiger partial charge on any atom is -0.370 e. The molecule has 2 atom stereocenters. The molecule has 1 saturated heterocycles. The molecule has 1 aromatic carbocycles. The molecule has 3 aromatic rings. The fourth-order valence-corrected chi connectivity index (χ4v) is 5.18. The van der Waals surface area contributed by atoms with Crippen LogP contribution in [0.15, 0.2) is 30.5 Å². The van der Waals surface area contributed by atoms with Gasteiger partial charge in [0.25, 0.3) is 0 Å². The third-order valence-corrected chi connectivity index (χ3v) is 6.91. The van der Waals surface area contributed by atoms with Gasteiger partial charge in [0, 0.05) is 43.7 Å². The van der Waals surface area contributed by atoms with E-state index in [4.69, 9.17) is 0 Å². The number of hydrogen-bond donors (Lipinski definition) is 0. The predicted molar refractivity (Wildman–Crippen MR) is 117 cm³/mol. The van der Waals surface area contributed by atoms with E-state index in [0.29, 0.717) is 17.3 Å². The van der Waals surface area contributed by atoms with Gasteiger partial charge in [-0.2, -0.15) is 26.3 Å². The Balaban J connectivity index is 1.35. The molecule has 192 valence electrons. The minimum atomic E-state index is -4.63. The Hall–Kier alpha value is -3.38. The number of amides is 1. The van der Waals surface area contributed by atoms with Crippen molar-refractivity contribution in [3.63, 3.8) is 0 Å². The van der Waals surface area contributed by atoms with Gasteiger partial charge in [-0.15, -0.1) is 10.2 Å². The van der Waals surface area contributed by atoms with Gasteiger partial charge in [0.1, 0.15) is 0 Å².